The summed E-state index contributed by atoms with van der Waals surface area (Å²) in [7, 11) is 0. The molecular formula is C27H30N6O4S. The first-order valence-electron chi connectivity index (χ1n) is 12.9. The highest BCUT2D eigenvalue weighted by Gasteiger charge is 2.76. The molecule has 11 heteroatoms. The van der Waals surface area contributed by atoms with Crippen molar-refractivity contribution in [1.82, 2.24) is 25.2 Å². The van der Waals surface area contributed by atoms with E-state index in [-0.39, 0.29) is 42.2 Å². The third-order valence-electron chi connectivity index (χ3n) is 8.34. The topological polar surface area (TPSA) is 129 Å². The van der Waals surface area contributed by atoms with Crippen LogP contribution in [0.3, 0.4) is 0 Å². The lowest BCUT2D eigenvalue weighted by molar-refractivity contribution is -0.141. The molecule has 6 rings (SSSR count). The first-order valence-corrected chi connectivity index (χ1v) is 13.8. The number of likely N-dealkylation sites (tertiary alicyclic amines) is 1. The molecule has 10 nitrogen and oxygen atoms in total. The van der Waals surface area contributed by atoms with Gasteiger partial charge in [-0.3, -0.25) is 14.4 Å². The Bertz CT molecular complexity index is 1400. The Morgan fingerprint density at radius 1 is 1.16 bits per heavy atom. The Hall–Kier alpha value is -3.44. The molecule has 3 fully saturated rings. The number of hydrogen-bond donors (Lipinski definition) is 3. The first kappa shape index (κ1) is 24.9. The lowest BCUT2D eigenvalue weighted by atomic mass is 9.66. The van der Waals surface area contributed by atoms with E-state index in [4.69, 9.17) is 0 Å². The quantitative estimate of drug-likeness (QED) is 0.422. The summed E-state index contributed by atoms with van der Waals surface area (Å²) in [4.78, 5) is 43.0. The minimum Gasteiger partial charge on any atom is -0.394 e. The maximum Gasteiger partial charge on any atom is 0.245 e. The molecule has 3 saturated heterocycles. The second-order valence-electron chi connectivity index (χ2n) is 10.5. The number of anilines is 1. The number of benzene rings is 2. The zero-order valence-corrected chi connectivity index (χ0v) is 22.0. The average Bonchev–Trinajstić information content (AvgIpc) is 3.64. The zero-order chi connectivity index (χ0) is 26.6. The summed E-state index contributed by atoms with van der Waals surface area (Å²) < 4.78 is 0.843. The number of rotatable bonds is 7. The number of amides is 3. The average molecular weight is 535 g/mol. The molecule has 38 heavy (non-hydrogen) atoms. The van der Waals surface area contributed by atoms with E-state index in [1.165, 1.54) is 4.90 Å². The van der Waals surface area contributed by atoms with Crippen molar-refractivity contribution in [3.05, 3.63) is 54.6 Å². The summed E-state index contributed by atoms with van der Waals surface area (Å²) in [5, 5.41) is 24.2. The number of carbonyl (C=O) groups is 3. The van der Waals surface area contributed by atoms with Gasteiger partial charge in [-0.2, -0.15) is 0 Å². The number of aliphatic hydroxyl groups excluding tert-OH is 1. The maximum atomic E-state index is 14.0. The lowest BCUT2D eigenvalue weighted by Crippen LogP contribution is -2.58. The van der Waals surface area contributed by atoms with Crippen LogP contribution in [0.4, 0.5) is 5.69 Å². The largest absolute Gasteiger partial charge is 0.394 e. The molecule has 3 aromatic rings. The number of hydrogen-bond acceptors (Lipinski definition) is 7. The van der Waals surface area contributed by atoms with Crippen LogP contribution in [-0.2, 0) is 21.1 Å². The number of nitrogens with zero attached hydrogens (tertiary/aromatic N) is 4. The van der Waals surface area contributed by atoms with Crippen LogP contribution >= 0.6 is 11.8 Å². The number of para-hydroxylation sites is 2. The number of nitrogens with one attached hydrogen (secondary N) is 2. The van der Waals surface area contributed by atoms with E-state index in [0.29, 0.717) is 5.69 Å². The van der Waals surface area contributed by atoms with Crippen molar-refractivity contribution in [2.75, 3.05) is 11.9 Å². The Morgan fingerprint density at radius 3 is 2.66 bits per heavy atom. The standard InChI is InChI=1S/C27H30N6O4S/c1-15-12-20-21(24(35)29-17-8-4-3-5-9-17)22-26(37)33(16(2)13-34)23(27(15,22)38-20)25(36)28-14-32-19-11-7-6-10-18(19)30-31-32/h3-11,15-16,20-23,34H,12-14H2,1-2H3,(H,28,36)(H,29,35)/t15?,16-,20+,21-,22+,23?,27?/m1/s1. The fourth-order valence-corrected chi connectivity index (χ4v) is 9.06. The fraction of sp³-hybridized carbons (Fsp3) is 0.444. The van der Waals surface area contributed by atoms with Crippen LogP contribution in [0.5, 0.6) is 0 Å². The highest BCUT2D eigenvalue weighted by Crippen LogP contribution is 2.68. The molecule has 0 radical (unpaired) electrons. The summed E-state index contributed by atoms with van der Waals surface area (Å²) in [6, 6.07) is 15.3. The van der Waals surface area contributed by atoms with Crippen molar-refractivity contribution < 1.29 is 19.5 Å². The number of aromatic nitrogens is 3. The summed E-state index contributed by atoms with van der Waals surface area (Å²) in [5.74, 6) is -1.94. The van der Waals surface area contributed by atoms with E-state index in [1.54, 1.807) is 23.4 Å². The first-order chi connectivity index (χ1) is 18.4. The second kappa shape index (κ2) is 9.39. The predicted octanol–water partition coefficient (Wildman–Crippen LogP) is 1.86. The Labute approximate surface area is 224 Å². The van der Waals surface area contributed by atoms with Crippen molar-refractivity contribution in [2.45, 2.75) is 49.0 Å². The van der Waals surface area contributed by atoms with Crippen molar-refractivity contribution in [3.63, 3.8) is 0 Å². The number of fused-ring (bicyclic) bond motifs is 2. The van der Waals surface area contributed by atoms with Gasteiger partial charge in [-0.15, -0.1) is 16.9 Å². The van der Waals surface area contributed by atoms with E-state index >= 15 is 0 Å². The molecule has 3 amide bonds. The Morgan fingerprint density at radius 2 is 1.89 bits per heavy atom. The van der Waals surface area contributed by atoms with Gasteiger partial charge in [0, 0.05) is 10.9 Å². The molecule has 2 aromatic carbocycles. The Kier molecular flexibility index (Phi) is 6.14. The number of aliphatic hydroxyl groups is 1. The highest BCUT2D eigenvalue weighted by molar-refractivity contribution is 8.02. The van der Waals surface area contributed by atoms with Crippen LogP contribution < -0.4 is 10.6 Å². The van der Waals surface area contributed by atoms with Gasteiger partial charge in [-0.1, -0.05) is 42.5 Å². The van der Waals surface area contributed by atoms with Gasteiger partial charge in [0.2, 0.25) is 17.7 Å². The monoisotopic (exact) mass is 534 g/mol. The number of thioether (sulfide) groups is 1. The molecule has 4 heterocycles. The molecule has 0 saturated carbocycles. The van der Waals surface area contributed by atoms with Gasteiger partial charge in [-0.05, 0) is 43.5 Å². The van der Waals surface area contributed by atoms with Gasteiger partial charge < -0.3 is 20.6 Å². The third kappa shape index (κ3) is 3.63. The van der Waals surface area contributed by atoms with Crippen molar-refractivity contribution >= 4 is 46.2 Å². The molecule has 3 aliphatic heterocycles. The van der Waals surface area contributed by atoms with E-state index in [0.717, 1.165) is 17.5 Å². The minimum atomic E-state index is -0.823. The van der Waals surface area contributed by atoms with Crippen LogP contribution in [0, 0.1) is 17.8 Å². The van der Waals surface area contributed by atoms with Crippen molar-refractivity contribution in [3.8, 4) is 0 Å². The minimum absolute atomic E-state index is 0.0334. The fourth-order valence-electron chi connectivity index (χ4n) is 6.65. The normalized spacial score (nSPS) is 30.4. The third-order valence-corrected chi connectivity index (χ3v) is 10.4. The second-order valence-corrected chi connectivity index (χ2v) is 12.0. The van der Waals surface area contributed by atoms with Crippen molar-refractivity contribution in [1.29, 1.82) is 0 Å². The molecule has 1 spiro atoms. The summed E-state index contributed by atoms with van der Waals surface area (Å²) in [6.07, 6.45) is 0.736. The summed E-state index contributed by atoms with van der Waals surface area (Å²) in [6.45, 7) is 3.61. The summed E-state index contributed by atoms with van der Waals surface area (Å²) >= 11 is 1.60. The van der Waals surface area contributed by atoms with Crippen LogP contribution in [0.1, 0.15) is 20.3 Å². The smallest absolute Gasteiger partial charge is 0.245 e. The van der Waals surface area contributed by atoms with E-state index in [9.17, 15) is 19.5 Å². The van der Waals surface area contributed by atoms with Crippen LogP contribution in [-0.4, -0.2) is 71.4 Å². The maximum absolute atomic E-state index is 14.0. The molecule has 2 bridgehead atoms. The number of carbonyl (C=O) groups excluding carboxylic acids is 3. The molecule has 3 aliphatic rings. The molecule has 3 unspecified atom stereocenters. The molecule has 1 aromatic heterocycles. The Balaban J connectivity index is 1.32. The summed E-state index contributed by atoms with van der Waals surface area (Å²) in [5.41, 5.74) is 2.18. The van der Waals surface area contributed by atoms with E-state index in [1.807, 2.05) is 54.6 Å². The molecule has 198 valence electrons. The van der Waals surface area contributed by atoms with Crippen molar-refractivity contribution in [2.24, 2.45) is 17.8 Å². The van der Waals surface area contributed by atoms with Gasteiger partial charge in [0.1, 0.15) is 18.2 Å². The molecule has 7 atom stereocenters. The molecular weight excluding hydrogens is 504 g/mol. The van der Waals surface area contributed by atoms with Gasteiger partial charge >= 0.3 is 0 Å². The lowest BCUT2D eigenvalue weighted by Gasteiger charge is -2.39. The molecule has 0 aliphatic carbocycles. The van der Waals surface area contributed by atoms with Gasteiger partial charge in [0.05, 0.1) is 34.7 Å². The zero-order valence-electron chi connectivity index (χ0n) is 21.2. The highest BCUT2D eigenvalue weighted by atomic mass is 32.2. The van der Waals surface area contributed by atoms with Crippen LogP contribution in [0.25, 0.3) is 11.0 Å². The van der Waals surface area contributed by atoms with Gasteiger partial charge in [-0.25, -0.2) is 4.68 Å². The SMILES string of the molecule is CC1C[C@@H]2SC13C(C(=O)NCn1nnc4ccccc41)N([C@H](C)CO)C(=O)[C@@H]3[C@@H]2C(=O)Nc1ccccc1. The van der Waals surface area contributed by atoms with Gasteiger partial charge in [0.15, 0.2) is 0 Å². The van der Waals surface area contributed by atoms with E-state index in [2.05, 4.69) is 27.9 Å². The van der Waals surface area contributed by atoms with Crippen LogP contribution in [0.2, 0.25) is 0 Å². The van der Waals surface area contributed by atoms with E-state index < -0.39 is 28.7 Å². The molecule has 3 N–H and O–H groups in total. The predicted molar refractivity (Wildman–Crippen MR) is 143 cm³/mol. The van der Waals surface area contributed by atoms with Crippen LogP contribution in [0.15, 0.2) is 54.6 Å². The van der Waals surface area contributed by atoms with Gasteiger partial charge in [0.25, 0.3) is 0 Å².